The van der Waals surface area contributed by atoms with Crippen molar-refractivity contribution < 1.29 is 4.79 Å². The third kappa shape index (κ3) is 6.09. The lowest BCUT2D eigenvalue weighted by molar-refractivity contribution is -0.119. The molecule has 0 bridgehead atoms. The van der Waals surface area contributed by atoms with Crippen molar-refractivity contribution in [2.75, 3.05) is 5.75 Å². The molecule has 0 saturated heterocycles. The smallest absolute Gasteiger partial charge is 0.262 e. The molecule has 0 aliphatic carbocycles. The monoisotopic (exact) mass is 389 g/mol. The van der Waals surface area contributed by atoms with Crippen LogP contribution in [0.5, 0.6) is 0 Å². The summed E-state index contributed by atoms with van der Waals surface area (Å²) in [7, 11) is 0. The van der Waals surface area contributed by atoms with Crippen molar-refractivity contribution in [3.63, 3.8) is 0 Å². The van der Waals surface area contributed by atoms with Gasteiger partial charge in [0.25, 0.3) is 5.56 Å². The predicted octanol–water partition coefficient (Wildman–Crippen LogP) is 4.40. The molecule has 1 atom stereocenters. The van der Waals surface area contributed by atoms with Gasteiger partial charge in [-0.15, -0.1) is 0 Å². The molecular formula is C21H31N3O2S. The second-order valence-electron chi connectivity index (χ2n) is 7.76. The molecule has 5 nitrogen and oxygen atoms in total. The Morgan fingerprint density at radius 3 is 2.52 bits per heavy atom. The number of fused-ring (bicyclic) bond motifs is 1. The van der Waals surface area contributed by atoms with Crippen LogP contribution in [0.15, 0.2) is 34.2 Å². The molecule has 0 fully saturated rings. The molecule has 0 aliphatic rings. The maximum Gasteiger partial charge on any atom is 0.262 e. The number of nitrogens with zero attached hydrogens (tertiary/aromatic N) is 2. The maximum absolute atomic E-state index is 12.8. The van der Waals surface area contributed by atoms with Crippen molar-refractivity contribution in [2.45, 2.75) is 71.1 Å². The number of rotatable bonds is 9. The van der Waals surface area contributed by atoms with E-state index < -0.39 is 0 Å². The number of benzene rings is 1. The first-order chi connectivity index (χ1) is 12.8. The van der Waals surface area contributed by atoms with Crippen LogP contribution >= 0.6 is 11.8 Å². The zero-order valence-corrected chi connectivity index (χ0v) is 17.8. The molecule has 1 amide bonds. The summed E-state index contributed by atoms with van der Waals surface area (Å²) < 4.78 is 1.67. The average Bonchev–Trinajstić information content (AvgIpc) is 2.59. The minimum Gasteiger partial charge on any atom is -0.353 e. The number of nitrogens with one attached hydrogen (secondary N) is 1. The topological polar surface area (TPSA) is 64.0 Å². The molecule has 0 radical (unpaired) electrons. The fraction of sp³-hybridized carbons (Fsp3) is 0.571. The van der Waals surface area contributed by atoms with E-state index in [-0.39, 0.29) is 29.3 Å². The Morgan fingerprint density at radius 2 is 1.85 bits per heavy atom. The molecular weight excluding hydrogens is 358 g/mol. The van der Waals surface area contributed by atoms with Crippen molar-refractivity contribution in [3.05, 3.63) is 34.6 Å². The number of thioether (sulfide) groups is 1. The summed E-state index contributed by atoms with van der Waals surface area (Å²) in [4.78, 5) is 29.7. The molecule has 0 spiro atoms. The number of aromatic nitrogens is 2. The predicted molar refractivity (Wildman–Crippen MR) is 113 cm³/mol. The number of para-hydroxylation sites is 1. The molecule has 27 heavy (non-hydrogen) atoms. The molecule has 148 valence electrons. The number of hydrogen-bond acceptors (Lipinski definition) is 4. The second kappa shape index (κ2) is 9.93. The Hall–Kier alpha value is -1.82. The molecule has 1 N–H and O–H groups in total. The summed E-state index contributed by atoms with van der Waals surface area (Å²) in [5, 5.41) is 4.25. The first-order valence-corrected chi connectivity index (χ1v) is 10.7. The summed E-state index contributed by atoms with van der Waals surface area (Å²) in [5.74, 6) is 0.927. The summed E-state index contributed by atoms with van der Waals surface area (Å²) in [6.07, 6.45) is 3.28. The SMILES string of the molecule is CC(C)CCCC(C)NC(=O)CSc1nc2ccccc2c(=O)n1C(C)C. The van der Waals surface area contributed by atoms with Crippen LogP contribution in [0.2, 0.25) is 0 Å². The number of amides is 1. The number of hydrogen-bond donors (Lipinski definition) is 1. The van der Waals surface area contributed by atoms with E-state index in [2.05, 4.69) is 24.1 Å². The van der Waals surface area contributed by atoms with E-state index in [1.165, 1.54) is 18.2 Å². The van der Waals surface area contributed by atoms with Crippen LogP contribution in [0.4, 0.5) is 0 Å². The Kier molecular flexibility index (Phi) is 7.90. The highest BCUT2D eigenvalue weighted by molar-refractivity contribution is 7.99. The fourth-order valence-electron chi connectivity index (χ4n) is 3.03. The van der Waals surface area contributed by atoms with Gasteiger partial charge >= 0.3 is 0 Å². The molecule has 2 rings (SSSR count). The maximum atomic E-state index is 12.8. The zero-order chi connectivity index (χ0) is 20.0. The molecule has 6 heteroatoms. The lowest BCUT2D eigenvalue weighted by Crippen LogP contribution is -2.34. The average molecular weight is 390 g/mol. The van der Waals surface area contributed by atoms with Gasteiger partial charge in [0.1, 0.15) is 0 Å². The van der Waals surface area contributed by atoms with Crippen LogP contribution in [-0.4, -0.2) is 27.3 Å². The van der Waals surface area contributed by atoms with E-state index in [0.29, 0.717) is 22.0 Å². The van der Waals surface area contributed by atoms with Crippen molar-refractivity contribution in [1.82, 2.24) is 14.9 Å². The van der Waals surface area contributed by atoms with Crippen LogP contribution in [-0.2, 0) is 4.79 Å². The summed E-state index contributed by atoms with van der Waals surface area (Å²) in [6, 6.07) is 7.49. The van der Waals surface area contributed by atoms with Crippen LogP contribution in [0.1, 0.15) is 59.9 Å². The van der Waals surface area contributed by atoms with Gasteiger partial charge in [-0.25, -0.2) is 4.98 Å². The summed E-state index contributed by atoms with van der Waals surface area (Å²) in [6.45, 7) is 10.4. The highest BCUT2D eigenvalue weighted by Crippen LogP contribution is 2.20. The number of carbonyl (C=O) groups is 1. The molecule has 0 saturated carbocycles. The Bertz CT molecular complexity index is 830. The quantitative estimate of drug-likeness (QED) is 0.510. The van der Waals surface area contributed by atoms with Gasteiger partial charge in [-0.2, -0.15) is 0 Å². The van der Waals surface area contributed by atoms with Crippen molar-refractivity contribution >= 4 is 28.6 Å². The lowest BCUT2D eigenvalue weighted by Gasteiger charge is -2.17. The van der Waals surface area contributed by atoms with Gasteiger partial charge < -0.3 is 5.32 Å². The second-order valence-corrected chi connectivity index (χ2v) is 8.70. The lowest BCUT2D eigenvalue weighted by atomic mass is 10.0. The van der Waals surface area contributed by atoms with Gasteiger partial charge in [-0.1, -0.05) is 50.6 Å². The third-order valence-electron chi connectivity index (χ3n) is 4.45. The molecule has 1 aromatic carbocycles. The first-order valence-electron chi connectivity index (χ1n) is 9.73. The van der Waals surface area contributed by atoms with Crippen molar-refractivity contribution in [2.24, 2.45) is 5.92 Å². The van der Waals surface area contributed by atoms with Gasteiger partial charge in [-0.3, -0.25) is 14.2 Å². The fourth-order valence-corrected chi connectivity index (χ4v) is 3.97. The van der Waals surface area contributed by atoms with E-state index in [1.54, 1.807) is 10.6 Å². The van der Waals surface area contributed by atoms with E-state index >= 15 is 0 Å². The molecule has 1 unspecified atom stereocenters. The zero-order valence-electron chi connectivity index (χ0n) is 17.0. The Labute approximate surface area is 166 Å². The van der Waals surface area contributed by atoms with Crippen molar-refractivity contribution in [1.29, 1.82) is 0 Å². The van der Waals surface area contributed by atoms with Gasteiger partial charge in [0, 0.05) is 12.1 Å². The van der Waals surface area contributed by atoms with Crippen LogP contribution in [0.3, 0.4) is 0 Å². The van der Waals surface area contributed by atoms with E-state index in [9.17, 15) is 9.59 Å². The minimum atomic E-state index is -0.0550. The largest absolute Gasteiger partial charge is 0.353 e. The van der Waals surface area contributed by atoms with E-state index in [1.807, 2.05) is 39.0 Å². The highest BCUT2D eigenvalue weighted by atomic mass is 32.2. The van der Waals surface area contributed by atoms with Crippen LogP contribution in [0, 0.1) is 5.92 Å². The Balaban J connectivity index is 2.04. The summed E-state index contributed by atoms with van der Waals surface area (Å²) in [5.41, 5.74) is 0.616. The van der Waals surface area contributed by atoms with Gasteiger partial charge in [-0.05, 0) is 45.2 Å². The summed E-state index contributed by atoms with van der Waals surface area (Å²) >= 11 is 1.32. The normalized spacial score (nSPS) is 12.7. The Morgan fingerprint density at radius 1 is 1.15 bits per heavy atom. The molecule has 1 heterocycles. The van der Waals surface area contributed by atoms with Crippen molar-refractivity contribution in [3.8, 4) is 0 Å². The molecule has 0 aliphatic heterocycles. The van der Waals surface area contributed by atoms with E-state index in [4.69, 9.17) is 0 Å². The highest BCUT2D eigenvalue weighted by Gasteiger charge is 2.16. The molecule has 1 aromatic heterocycles. The van der Waals surface area contributed by atoms with E-state index in [0.717, 1.165) is 12.8 Å². The first kappa shape index (κ1) is 21.5. The van der Waals surface area contributed by atoms with Gasteiger partial charge in [0.2, 0.25) is 5.91 Å². The minimum absolute atomic E-state index is 0.0184. The molecule has 2 aromatic rings. The standard InChI is InChI=1S/C21H31N3O2S/c1-14(2)9-8-10-16(5)22-19(25)13-27-21-23-18-12-7-6-11-17(18)20(26)24(21)15(3)4/h6-7,11-12,14-16H,8-10,13H2,1-5H3,(H,22,25). The van der Waals surface area contributed by atoms with Gasteiger partial charge in [0.05, 0.1) is 16.7 Å². The number of carbonyl (C=O) groups excluding carboxylic acids is 1. The third-order valence-corrected chi connectivity index (χ3v) is 5.40. The van der Waals surface area contributed by atoms with Crippen LogP contribution < -0.4 is 10.9 Å². The van der Waals surface area contributed by atoms with Gasteiger partial charge in [0.15, 0.2) is 5.16 Å². The van der Waals surface area contributed by atoms with Crippen LogP contribution in [0.25, 0.3) is 10.9 Å².